The van der Waals surface area contributed by atoms with Gasteiger partial charge in [-0.2, -0.15) is 9.50 Å². The molecule has 2 heterocycles. The van der Waals surface area contributed by atoms with Crippen LogP contribution in [0.5, 0.6) is 11.5 Å². The van der Waals surface area contributed by atoms with Gasteiger partial charge in [0.25, 0.3) is 5.56 Å². The fourth-order valence-corrected chi connectivity index (χ4v) is 3.79. The largest absolute Gasteiger partial charge is 0.493 e. The van der Waals surface area contributed by atoms with Crippen molar-refractivity contribution < 1.29 is 9.47 Å². The highest BCUT2D eigenvalue weighted by molar-refractivity contribution is 7.15. The van der Waals surface area contributed by atoms with Crippen LogP contribution < -0.4 is 19.6 Å². The van der Waals surface area contributed by atoms with Gasteiger partial charge in [-0.1, -0.05) is 35.1 Å². The van der Waals surface area contributed by atoms with Crippen LogP contribution in [0.1, 0.15) is 5.56 Å². The van der Waals surface area contributed by atoms with Crippen LogP contribution in [0, 0.1) is 0 Å². The summed E-state index contributed by atoms with van der Waals surface area (Å²) < 4.78 is 12.4. The molecular formula is C19H14ClN3O3S. The number of nitrogens with zero attached hydrogens (tertiary/aromatic N) is 3. The van der Waals surface area contributed by atoms with Crippen molar-refractivity contribution in [2.75, 3.05) is 14.2 Å². The van der Waals surface area contributed by atoms with Crippen molar-refractivity contribution in [3.63, 3.8) is 0 Å². The normalized spacial score (nSPS) is 11.9. The molecule has 6 nitrogen and oxygen atoms in total. The summed E-state index contributed by atoms with van der Waals surface area (Å²) in [4.78, 5) is 17.7. The molecule has 27 heavy (non-hydrogen) atoms. The van der Waals surface area contributed by atoms with Gasteiger partial charge in [0, 0.05) is 10.6 Å². The zero-order valence-electron chi connectivity index (χ0n) is 14.5. The Morgan fingerprint density at radius 2 is 1.93 bits per heavy atom. The number of rotatable bonds is 4. The van der Waals surface area contributed by atoms with Gasteiger partial charge in [0.15, 0.2) is 17.3 Å². The van der Waals surface area contributed by atoms with E-state index in [4.69, 9.17) is 21.1 Å². The lowest BCUT2D eigenvalue weighted by molar-refractivity contribution is 0.355. The summed E-state index contributed by atoms with van der Waals surface area (Å²) in [5.74, 6) is 1.64. The van der Waals surface area contributed by atoms with Crippen molar-refractivity contribution in [1.82, 2.24) is 14.6 Å². The fourth-order valence-electron chi connectivity index (χ4n) is 2.68. The molecule has 0 saturated carbocycles. The molecule has 0 aliphatic rings. The molecule has 0 fully saturated rings. The highest BCUT2D eigenvalue weighted by atomic mass is 35.5. The third-order valence-electron chi connectivity index (χ3n) is 3.97. The molecular weight excluding hydrogens is 386 g/mol. The van der Waals surface area contributed by atoms with Crippen molar-refractivity contribution in [1.29, 1.82) is 0 Å². The van der Waals surface area contributed by atoms with Crippen LogP contribution in [0.2, 0.25) is 5.02 Å². The second-order valence-electron chi connectivity index (χ2n) is 5.67. The summed E-state index contributed by atoms with van der Waals surface area (Å²) in [6.45, 7) is 0. The van der Waals surface area contributed by atoms with Gasteiger partial charge in [0.2, 0.25) is 4.96 Å². The van der Waals surface area contributed by atoms with E-state index in [2.05, 4.69) is 10.1 Å². The van der Waals surface area contributed by atoms with Gasteiger partial charge in [-0.15, -0.1) is 5.10 Å². The number of hydrogen-bond donors (Lipinski definition) is 0. The first-order chi connectivity index (χ1) is 13.1. The molecule has 2 aromatic carbocycles. The maximum Gasteiger partial charge on any atom is 0.291 e. The molecule has 0 amide bonds. The highest BCUT2D eigenvalue weighted by Crippen LogP contribution is 2.31. The molecule has 2 aromatic heterocycles. The topological polar surface area (TPSA) is 65.7 Å². The van der Waals surface area contributed by atoms with Crippen molar-refractivity contribution >= 4 is 34.0 Å². The quantitative estimate of drug-likeness (QED) is 0.527. The average Bonchev–Trinajstić information content (AvgIpc) is 3.21. The lowest BCUT2D eigenvalue weighted by Gasteiger charge is -2.07. The summed E-state index contributed by atoms with van der Waals surface area (Å²) >= 11 is 7.28. The first-order valence-corrected chi connectivity index (χ1v) is 9.18. The molecule has 4 rings (SSSR count). The Morgan fingerprint density at radius 3 is 2.63 bits per heavy atom. The van der Waals surface area contributed by atoms with E-state index in [1.807, 2.05) is 18.2 Å². The first-order valence-electron chi connectivity index (χ1n) is 7.98. The summed E-state index contributed by atoms with van der Waals surface area (Å²) in [7, 11) is 3.14. The monoisotopic (exact) mass is 399 g/mol. The van der Waals surface area contributed by atoms with Gasteiger partial charge < -0.3 is 9.47 Å². The molecule has 0 aliphatic heterocycles. The van der Waals surface area contributed by atoms with E-state index in [0.29, 0.717) is 31.8 Å². The maximum absolute atomic E-state index is 12.6. The predicted molar refractivity (Wildman–Crippen MR) is 106 cm³/mol. The molecule has 0 atom stereocenters. The highest BCUT2D eigenvalue weighted by Gasteiger charge is 2.14. The van der Waals surface area contributed by atoms with Crippen LogP contribution in [-0.4, -0.2) is 28.8 Å². The van der Waals surface area contributed by atoms with Gasteiger partial charge in [-0.05, 0) is 42.0 Å². The summed E-state index contributed by atoms with van der Waals surface area (Å²) in [6, 6.07) is 12.7. The van der Waals surface area contributed by atoms with Crippen molar-refractivity contribution in [3.8, 4) is 22.9 Å². The van der Waals surface area contributed by atoms with Gasteiger partial charge in [-0.25, -0.2) is 0 Å². The number of fused-ring (bicyclic) bond motifs is 1. The van der Waals surface area contributed by atoms with Crippen LogP contribution in [0.25, 0.3) is 22.4 Å². The lowest BCUT2D eigenvalue weighted by Crippen LogP contribution is -2.23. The molecule has 0 unspecified atom stereocenters. The second kappa shape index (κ2) is 7.02. The Kier molecular flexibility index (Phi) is 4.55. The van der Waals surface area contributed by atoms with Crippen molar-refractivity contribution in [2.45, 2.75) is 0 Å². The molecule has 0 saturated heterocycles. The molecule has 136 valence electrons. The first kappa shape index (κ1) is 17.5. The minimum Gasteiger partial charge on any atom is -0.493 e. The predicted octanol–water partition coefficient (Wildman–Crippen LogP) is 3.04. The van der Waals surface area contributed by atoms with E-state index in [0.717, 1.165) is 11.1 Å². The fraction of sp³-hybridized carbons (Fsp3) is 0.105. The van der Waals surface area contributed by atoms with E-state index in [9.17, 15) is 4.79 Å². The minimum absolute atomic E-state index is 0.214. The minimum atomic E-state index is -0.214. The summed E-state index contributed by atoms with van der Waals surface area (Å²) in [5, 5.41) is 4.97. The number of aromatic nitrogens is 3. The number of hydrogen-bond acceptors (Lipinski definition) is 6. The Bertz CT molecular complexity index is 1250. The maximum atomic E-state index is 12.6. The Labute approximate surface area is 163 Å². The average molecular weight is 400 g/mol. The third kappa shape index (κ3) is 3.27. The Balaban J connectivity index is 1.78. The lowest BCUT2D eigenvalue weighted by atomic mass is 10.2. The van der Waals surface area contributed by atoms with Crippen molar-refractivity contribution in [2.24, 2.45) is 0 Å². The molecule has 0 bridgehead atoms. The number of thiazole rings is 1. The molecule has 8 heteroatoms. The van der Waals surface area contributed by atoms with Gasteiger partial charge >= 0.3 is 0 Å². The van der Waals surface area contributed by atoms with E-state index < -0.39 is 0 Å². The van der Waals surface area contributed by atoms with E-state index in [1.54, 1.807) is 44.6 Å². The molecule has 0 spiro atoms. The molecule has 4 aromatic rings. The Hall–Kier alpha value is -2.90. The molecule has 0 N–H and O–H groups in total. The number of halogens is 1. The SMILES string of the molecule is COc1ccc(-c2nc3s/c(=C/c4cccc(Cl)c4)c(=O)n3n2)cc1OC. The van der Waals surface area contributed by atoms with Gasteiger partial charge in [0.1, 0.15) is 0 Å². The standard InChI is InChI=1S/C19H14ClN3O3S/c1-25-14-7-6-12(10-15(14)26-2)17-21-19-23(22-17)18(24)16(27-19)9-11-4-3-5-13(20)8-11/h3-10H,1-2H3/b16-9+. The van der Waals surface area contributed by atoms with E-state index in [1.165, 1.54) is 15.9 Å². The molecule has 0 radical (unpaired) electrons. The van der Waals surface area contributed by atoms with E-state index >= 15 is 0 Å². The summed E-state index contributed by atoms with van der Waals surface area (Å²) in [5.41, 5.74) is 1.38. The zero-order valence-corrected chi connectivity index (χ0v) is 16.0. The second-order valence-corrected chi connectivity index (χ2v) is 7.12. The molecule has 0 aliphatic carbocycles. The summed E-state index contributed by atoms with van der Waals surface area (Å²) in [6.07, 6.45) is 1.78. The zero-order chi connectivity index (χ0) is 19.0. The third-order valence-corrected chi connectivity index (χ3v) is 5.16. The van der Waals surface area contributed by atoms with Crippen LogP contribution >= 0.6 is 22.9 Å². The number of benzene rings is 2. The van der Waals surface area contributed by atoms with Gasteiger partial charge in [0.05, 0.1) is 18.8 Å². The van der Waals surface area contributed by atoms with Crippen LogP contribution in [0.4, 0.5) is 0 Å². The smallest absolute Gasteiger partial charge is 0.291 e. The number of methoxy groups -OCH3 is 2. The number of ether oxygens (including phenoxy) is 2. The van der Waals surface area contributed by atoms with Gasteiger partial charge in [-0.3, -0.25) is 4.79 Å². The van der Waals surface area contributed by atoms with Crippen molar-refractivity contribution in [3.05, 3.63) is 67.9 Å². The van der Waals surface area contributed by atoms with Crippen LogP contribution in [0.3, 0.4) is 0 Å². The van der Waals surface area contributed by atoms with Crippen LogP contribution in [-0.2, 0) is 0 Å². The van der Waals surface area contributed by atoms with E-state index in [-0.39, 0.29) is 5.56 Å². The Morgan fingerprint density at radius 1 is 1.11 bits per heavy atom. The van der Waals surface area contributed by atoms with Crippen LogP contribution in [0.15, 0.2) is 47.3 Å².